The van der Waals surface area contributed by atoms with Crippen LogP contribution in [0, 0.1) is 0 Å². The number of methoxy groups -OCH3 is 1. The molecule has 0 unspecified atom stereocenters. The fraction of sp³-hybridized carbons (Fsp3) is 0.0909. The topological polar surface area (TPSA) is 55.0 Å². The lowest BCUT2D eigenvalue weighted by Crippen LogP contribution is -1.90. The number of aromatic amines is 1. The van der Waals surface area contributed by atoms with Gasteiger partial charge in [-0.1, -0.05) is 12.1 Å². The maximum absolute atomic E-state index is 10.7. The van der Waals surface area contributed by atoms with Crippen molar-refractivity contribution in [3.8, 4) is 17.0 Å². The molecule has 0 saturated heterocycles. The molecule has 15 heavy (non-hydrogen) atoms. The lowest BCUT2D eigenvalue weighted by molar-refractivity contribution is 0.112. The van der Waals surface area contributed by atoms with Gasteiger partial charge in [-0.25, -0.2) is 4.98 Å². The van der Waals surface area contributed by atoms with Crippen LogP contribution in [0.25, 0.3) is 11.3 Å². The zero-order chi connectivity index (χ0) is 10.7. The summed E-state index contributed by atoms with van der Waals surface area (Å²) in [4.78, 5) is 17.6. The van der Waals surface area contributed by atoms with Crippen LogP contribution in [0.1, 0.15) is 10.5 Å². The number of benzene rings is 1. The van der Waals surface area contributed by atoms with Gasteiger partial charge in [0.25, 0.3) is 0 Å². The minimum Gasteiger partial charge on any atom is -0.496 e. The molecule has 4 nitrogen and oxygen atoms in total. The van der Waals surface area contributed by atoms with E-state index in [2.05, 4.69) is 9.97 Å². The van der Waals surface area contributed by atoms with E-state index >= 15 is 0 Å². The molecule has 0 aliphatic carbocycles. The summed E-state index contributed by atoms with van der Waals surface area (Å²) in [5.74, 6) is 0.702. The number of carbonyl (C=O) groups excluding carboxylic acids is 1. The van der Waals surface area contributed by atoms with Gasteiger partial charge in [0.15, 0.2) is 6.29 Å². The predicted octanol–water partition coefficient (Wildman–Crippen LogP) is 1.90. The predicted molar refractivity (Wildman–Crippen MR) is 56.0 cm³/mol. The lowest BCUT2D eigenvalue weighted by atomic mass is 10.1. The molecule has 1 N–H and O–H groups in total. The fourth-order valence-electron chi connectivity index (χ4n) is 1.45. The molecule has 0 bridgehead atoms. The van der Waals surface area contributed by atoms with Gasteiger partial charge >= 0.3 is 0 Å². The summed E-state index contributed by atoms with van der Waals surface area (Å²) in [6.07, 6.45) is 2.24. The van der Waals surface area contributed by atoms with E-state index in [9.17, 15) is 4.79 Å². The summed E-state index contributed by atoms with van der Waals surface area (Å²) < 4.78 is 5.20. The van der Waals surface area contributed by atoms with E-state index < -0.39 is 0 Å². The van der Waals surface area contributed by atoms with E-state index in [1.54, 1.807) is 7.11 Å². The third kappa shape index (κ3) is 1.61. The average Bonchev–Trinajstić information content (AvgIpc) is 2.76. The molecule has 2 aromatic rings. The first-order chi connectivity index (χ1) is 7.36. The van der Waals surface area contributed by atoms with E-state index in [1.165, 1.54) is 6.33 Å². The van der Waals surface area contributed by atoms with Gasteiger partial charge in [-0.2, -0.15) is 0 Å². The van der Waals surface area contributed by atoms with Gasteiger partial charge in [0.2, 0.25) is 0 Å². The van der Waals surface area contributed by atoms with Crippen molar-refractivity contribution in [1.82, 2.24) is 9.97 Å². The molecule has 2 rings (SSSR count). The summed E-state index contributed by atoms with van der Waals surface area (Å²) in [6, 6.07) is 7.44. The number of aromatic nitrogens is 2. The highest BCUT2D eigenvalue weighted by atomic mass is 16.5. The van der Waals surface area contributed by atoms with Crippen molar-refractivity contribution in [1.29, 1.82) is 0 Å². The number of hydrogen-bond donors (Lipinski definition) is 1. The summed E-state index contributed by atoms with van der Waals surface area (Å²) in [5, 5.41) is 0. The average molecular weight is 202 g/mol. The van der Waals surface area contributed by atoms with Crippen molar-refractivity contribution in [3.63, 3.8) is 0 Å². The van der Waals surface area contributed by atoms with E-state index in [0.29, 0.717) is 17.1 Å². The third-order valence-corrected chi connectivity index (χ3v) is 2.15. The highest BCUT2D eigenvalue weighted by molar-refractivity contribution is 5.85. The maximum Gasteiger partial charge on any atom is 0.168 e. The third-order valence-electron chi connectivity index (χ3n) is 2.15. The zero-order valence-electron chi connectivity index (χ0n) is 8.23. The van der Waals surface area contributed by atoms with Gasteiger partial charge in [-0.3, -0.25) is 4.79 Å². The fourth-order valence-corrected chi connectivity index (χ4v) is 1.45. The Labute approximate surface area is 86.9 Å². The molecule has 1 aromatic carbocycles. The van der Waals surface area contributed by atoms with Crippen molar-refractivity contribution in [2.75, 3.05) is 7.11 Å². The van der Waals surface area contributed by atoms with Crippen molar-refractivity contribution in [2.45, 2.75) is 0 Å². The Kier molecular flexibility index (Phi) is 2.49. The normalized spacial score (nSPS) is 9.93. The van der Waals surface area contributed by atoms with E-state index in [4.69, 9.17) is 4.74 Å². The highest BCUT2D eigenvalue weighted by Crippen LogP contribution is 2.29. The van der Waals surface area contributed by atoms with Crippen molar-refractivity contribution in [3.05, 3.63) is 36.3 Å². The maximum atomic E-state index is 10.7. The lowest BCUT2D eigenvalue weighted by Gasteiger charge is -2.05. The number of imidazole rings is 1. The summed E-state index contributed by atoms with van der Waals surface area (Å²) >= 11 is 0. The first-order valence-corrected chi connectivity index (χ1v) is 4.48. The minimum absolute atomic E-state index is 0.458. The Morgan fingerprint density at radius 3 is 2.93 bits per heavy atom. The van der Waals surface area contributed by atoms with Crippen LogP contribution in [0.3, 0.4) is 0 Å². The number of ether oxygens (including phenoxy) is 1. The molecular weight excluding hydrogens is 192 g/mol. The molecule has 0 saturated carbocycles. The molecule has 0 atom stereocenters. The second-order valence-corrected chi connectivity index (χ2v) is 2.98. The number of nitrogens with zero attached hydrogens (tertiary/aromatic N) is 1. The number of para-hydroxylation sites is 1. The molecule has 0 amide bonds. The Balaban J connectivity index is 2.58. The van der Waals surface area contributed by atoms with Gasteiger partial charge in [0, 0.05) is 5.56 Å². The summed E-state index contributed by atoms with van der Waals surface area (Å²) in [5.41, 5.74) is 1.88. The van der Waals surface area contributed by atoms with Crippen molar-refractivity contribution in [2.24, 2.45) is 0 Å². The summed E-state index contributed by atoms with van der Waals surface area (Å²) in [7, 11) is 1.59. The smallest absolute Gasteiger partial charge is 0.168 e. The van der Waals surface area contributed by atoms with E-state index in [0.717, 1.165) is 11.8 Å². The molecule has 1 heterocycles. The van der Waals surface area contributed by atoms with E-state index in [1.807, 2.05) is 24.3 Å². The second kappa shape index (κ2) is 3.96. The Morgan fingerprint density at radius 2 is 2.20 bits per heavy atom. The van der Waals surface area contributed by atoms with Gasteiger partial charge < -0.3 is 9.72 Å². The van der Waals surface area contributed by atoms with E-state index in [-0.39, 0.29) is 0 Å². The Morgan fingerprint density at radius 1 is 1.40 bits per heavy atom. The van der Waals surface area contributed by atoms with Gasteiger partial charge in [-0.15, -0.1) is 0 Å². The molecule has 0 spiro atoms. The number of rotatable bonds is 3. The molecule has 0 aliphatic heterocycles. The van der Waals surface area contributed by atoms with Crippen LogP contribution >= 0.6 is 0 Å². The van der Waals surface area contributed by atoms with Crippen LogP contribution in [-0.4, -0.2) is 23.4 Å². The van der Waals surface area contributed by atoms with Gasteiger partial charge in [0.1, 0.15) is 17.1 Å². The number of aldehydes is 1. The molecular formula is C11H10N2O2. The monoisotopic (exact) mass is 202 g/mol. The molecule has 1 aromatic heterocycles. The second-order valence-electron chi connectivity index (χ2n) is 2.98. The summed E-state index contributed by atoms with van der Waals surface area (Å²) in [6.45, 7) is 0. The van der Waals surface area contributed by atoms with Crippen LogP contribution < -0.4 is 4.74 Å². The van der Waals surface area contributed by atoms with Crippen LogP contribution in [-0.2, 0) is 0 Å². The quantitative estimate of drug-likeness (QED) is 0.773. The molecule has 0 fully saturated rings. The van der Waals surface area contributed by atoms with Crippen molar-refractivity contribution >= 4 is 6.29 Å². The Bertz CT molecular complexity index is 477. The number of nitrogens with one attached hydrogen (secondary N) is 1. The highest BCUT2D eigenvalue weighted by Gasteiger charge is 2.11. The first kappa shape index (κ1) is 9.45. The van der Waals surface area contributed by atoms with Crippen LogP contribution in [0.2, 0.25) is 0 Å². The minimum atomic E-state index is 0.458. The van der Waals surface area contributed by atoms with Gasteiger partial charge in [0.05, 0.1) is 13.4 Å². The van der Waals surface area contributed by atoms with Crippen molar-refractivity contribution < 1.29 is 9.53 Å². The van der Waals surface area contributed by atoms with Crippen LogP contribution in [0.4, 0.5) is 0 Å². The molecule has 0 aliphatic rings. The zero-order valence-corrected chi connectivity index (χ0v) is 8.23. The standard InChI is InChI=1S/C11H10N2O2/c1-15-10-5-3-2-4-8(10)11-9(6-14)12-7-13-11/h2-7H,1H3,(H,12,13). The first-order valence-electron chi connectivity index (χ1n) is 4.48. The van der Waals surface area contributed by atoms with Crippen LogP contribution in [0.5, 0.6) is 5.75 Å². The largest absolute Gasteiger partial charge is 0.496 e. The Hall–Kier alpha value is -2.10. The molecule has 76 valence electrons. The molecule has 0 radical (unpaired) electrons. The number of carbonyl (C=O) groups is 1. The van der Waals surface area contributed by atoms with Crippen LogP contribution in [0.15, 0.2) is 30.6 Å². The molecule has 4 heteroatoms. The number of hydrogen-bond acceptors (Lipinski definition) is 3. The number of H-pyrrole nitrogens is 1. The SMILES string of the molecule is COc1ccccc1-c1nc[nH]c1C=O. The van der Waals surface area contributed by atoms with Gasteiger partial charge in [-0.05, 0) is 12.1 Å².